The van der Waals surface area contributed by atoms with Crippen molar-refractivity contribution in [3.63, 3.8) is 0 Å². The van der Waals surface area contributed by atoms with Gasteiger partial charge in [0.1, 0.15) is 5.82 Å². The van der Waals surface area contributed by atoms with Crippen molar-refractivity contribution in [1.82, 2.24) is 9.55 Å². The first-order valence-corrected chi connectivity index (χ1v) is 10.1. The third-order valence-electron chi connectivity index (χ3n) is 4.56. The Kier molecular flexibility index (Phi) is 5.63. The molecule has 0 fully saturated rings. The van der Waals surface area contributed by atoms with Crippen molar-refractivity contribution in [3.05, 3.63) is 100 Å². The minimum atomic E-state index is -0.494. The van der Waals surface area contributed by atoms with Crippen LogP contribution in [0.2, 0.25) is 0 Å². The van der Waals surface area contributed by atoms with Gasteiger partial charge in [-0.15, -0.1) is 0 Å². The second-order valence-electron chi connectivity index (χ2n) is 6.51. The number of esters is 1. The predicted molar refractivity (Wildman–Crippen MR) is 115 cm³/mol. The fourth-order valence-electron chi connectivity index (χ4n) is 3.04. The van der Waals surface area contributed by atoms with Crippen LogP contribution in [0.4, 0.5) is 4.39 Å². The van der Waals surface area contributed by atoms with Gasteiger partial charge in [-0.1, -0.05) is 42.1 Å². The van der Waals surface area contributed by atoms with Crippen LogP contribution >= 0.6 is 11.8 Å². The lowest BCUT2D eigenvalue weighted by molar-refractivity contribution is 0.0601. The third-order valence-corrected chi connectivity index (χ3v) is 5.57. The van der Waals surface area contributed by atoms with Crippen molar-refractivity contribution >= 4 is 28.6 Å². The van der Waals surface area contributed by atoms with Gasteiger partial charge in [-0.05, 0) is 48.0 Å². The first kappa shape index (κ1) is 19.8. The summed E-state index contributed by atoms with van der Waals surface area (Å²) in [7, 11) is 1.30. The summed E-state index contributed by atoms with van der Waals surface area (Å²) >= 11 is 1.36. The number of carbonyl (C=O) groups excluding carboxylic acids is 1. The maximum Gasteiger partial charge on any atom is 0.337 e. The molecule has 0 saturated carbocycles. The maximum atomic E-state index is 13.3. The number of benzene rings is 3. The van der Waals surface area contributed by atoms with E-state index in [1.807, 2.05) is 30.3 Å². The molecule has 1 heterocycles. The summed E-state index contributed by atoms with van der Waals surface area (Å²) in [6.07, 6.45) is 0. The van der Waals surface area contributed by atoms with Crippen LogP contribution in [-0.4, -0.2) is 22.6 Å². The van der Waals surface area contributed by atoms with Crippen LogP contribution in [0.15, 0.2) is 82.7 Å². The molecular formula is C23H17FN2O3S. The lowest BCUT2D eigenvalue weighted by Crippen LogP contribution is -2.22. The number of aromatic nitrogens is 2. The zero-order valence-electron chi connectivity index (χ0n) is 16.0. The molecule has 0 amide bonds. The lowest BCUT2D eigenvalue weighted by atomic mass is 10.1. The van der Waals surface area contributed by atoms with Gasteiger partial charge in [0.15, 0.2) is 5.16 Å². The standard InChI is InChI=1S/C23H17FN2O3S/c1-29-22(28)16-9-12-19-20(13-16)25-23(30-14-15-7-10-17(24)11-8-15)26(21(19)27)18-5-3-2-4-6-18/h2-13H,14H2,1H3. The zero-order valence-corrected chi connectivity index (χ0v) is 16.9. The van der Waals surface area contributed by atoms with Crippen molar-refractivity contribution in [3.8, 4) is 5.69 Å². The van der Waals surface area contributed by atoms with E-state index in [1.54, 1.807) is 34.9 Å². The Balaban J connectivity index is 1.84. The first-order valence-electron chi connectivity index (χ1n) is 9.14. The Morgan fingerprint density at radius 3 is 2.50 bits per heavy atom. The van der Waals surface area contributed by atoms with E-state index in [0.29, 0.717) is 33.1 Å². The number of fused-ring (bicyclic) bond motifs is 1. The molecule has 0 atom stereocenters. The highest BCUT2D eigenvalue weighted by molar-refractivity contribution is 7.98. The molecule has 0 saturated heterocycles. The number of thioether (sulfide) groups is 1. The van der Waals surface area contributed by atoms with E-state index in [0.717, 1.165) is 5.56 Å². The van der Waals surface area contributed by atoms with Crippen LogP contribution in [0.3, 0.4) is 0 Å². The van der Waals surface area contributed by atoms with Crippen LogP contribution < -0.4 is 5.56 Å². The Morgan fingerprint density at radius 2 is 1.80 bits per heavy atom. The van der Waals surface area contributed by atoms with Crippen LogP contribution in [0.5, 0.6) is 0 Å². The summed E-state index contributed by atoms with van der Waals surface area (Å²) in [4.78, 5) is 29.9. The van der Waals surface area contributed by atoms with Crippen molar-refractivity contribution in [2.24, 2.45) is 0 Å². The normalized spacial score (nSPS) is 10.9. The number of para-hydroxylation sites is 1. The Bertz CT molecular complexity index is 1270. The molecule has 0 bridgehead atoms. The quantitative estimate of drug-likeness (QED) is 0.268. The smallest absolute Gasteiger partial charge is 0.337 e. The molecule has 30 heavy (non-hydrogen) atoms. The minimum absolute atomic E-state index is 0.232. The topological polar surface area (TPSA) is 61.2 Å². The molecule has 3 aromatic carbocycles. The van der Waals surface area contributed by atoms with Gasteiger partial charge in [0.25, 0.3) is 5.56 Å². The summed E-state index contributed by atoms with van der Waals surface area (Å²) in [5, 5.41) is 0.877. The van der Waals surface area contributed by atoms with Gasteiger partial charge >= 0.3 is 5.97 Å². The molecule has 4 rings (SSSR count). The van der Waals surface area contributed by atoms with Gasteiger partial charge in [0.2, 0.25) is 0 Å². The third kappa shape index (κ3) is 3.97. The Morgan fingerprint density at radius 1 is 1.07 bits per heavy atom. The van der Waals surface area contributed by atoms with E-state index < -0.39 is 5.97 Å². The van der Waals surface area contributed by atoms with E-state index in [4.69, 9.17) is 4.74 Å². The molecule has 1 aromatic heterocycles. The van der Waals surface area contributed by atoms with E-state index in [-0.39, 0.29) is 11.4 Å². The number of hydrogen-bond donors (Lipinski definition) is 0. The number of nitrogens with zero attached hydrogens (tertiary/aromatic N) is 2. The van der Waals surface area contributed by atoms with Gasteiger partial charge in [-0.2, -0.15) is 0 Å². The molecule has 0 aliphatic rings. The van der Waals surface area contributed by atoms with Crippen LogP contribution in [-0.2, 0) is 10.5 Å². The number of rotatable bonds is 5. The molecule has 4 aromatic rings. The Hall–Kier alpha value is -3.45. The summed E-state index contributed by atoms with van der Waals surface area (Å²) in [5.41, 5.74) is 2.10. The van der Waals surface area contributed by atoms with Gasteiger partial charge in [-0.3, -0.25) is 9.36 Å². The predicted octanol–water partition coefficient (Wildman–Crippen LogP) is 4.60. The number of methoxy groups -OCH3 is 1. The average Bonchev–Trinajstić information content (AvgIpc) is 2.78. The van der Waals surface area contributed by atoms with E-state index >= 15 is 0 Å². The van der Waals surface area contributed by atoms with Gasteiger partial charge in [0, 0.05) is 5.75 Å². The average molecular weight is 420 g/mol. The first-order chi connectivity index (χ1) is 14.6. The minimum Gasteiger partial charge on any atom is -0.465 e. The molecule has 0 spiro atoms. The molecule has 7 heteroatoms. The monoisotopic (exact) mass is 420 g/mol. The van der Waals surface area contributed by atoms with Crippen LogP contribution in [0.1, 0.15) is 15.9 Å². The van der Waals surface area contributed by atoms with Gasteiger partial charge < -0.3 is 4.74 Å². The van der Waals surface area contributed by atoms with Crippen LogP contribution in [0, 0.1) is 5.82 Å². The number of hydrogen-bond acceptors (Lipinski definition) is 5. The largest absolute Gasteiger partial charge is 0.465 e. The van der Waals surface area contributed by atoms with Crippen molar-refractivity contribution in [2.75, 3.05) is 7.11 Å². The molecule has 0 unspecified atom stereocenters. The van der Waals surface area contributed by atoms with Gasteiger partial charge in [-0.25, -0.2) is 14.2 Å². The van der Waals surface area contributed by atoms with Crippen molar-refractivity contribution in [2.45, 2.75) is 10.9 Å². The summed E-state index contributed by atoms with van der Waals surface area (Å²) in [6.45, 7) is 0. The van der Waals surface area contributed by atoms with E-state index in [1.165, 1.54) is 31.0 Å². The molecule has 0 radical (unpaired) electrons. The molecule has 5 nitrogen and oxygen atoms in total. The lowest BCUT2D eigenvalue weighted by Gasteiger charge is -2.13. The van der Waals surface area contributed by atoms with Crippen LogP contribution in [0.25, 0.3) is 16.6 Å². The SMILES string of the molecule is COC(=O)c1ccc2c(=O)n(-c3ccccc3)c(SCc3ccc(F)cc3)nc2c1. The molecule has 0 aliphatic heterocycles. The summed E-state index contributed by atoms with van der Waals surface area (Å²) < 4.78 is 19.5. The second-order valence-corrected chi connectivity index (χ2v) is 7.45. The highest BCUT2D eigenvalue weighted by Crippen LogP contribution is 2.25. The molecule has 0 N–H and O–H groups in total. The number of ether oxygens (including phenoxy) is 1. The van der Waals surface area contributed by atoms with E-state index in [2.05, 4.69) is 4.98 Å². The fraction of sp³-hybridized carbons (Fsp3) is 0.0870. The van der Waals surface area contributed by atoms with Gasteiger partial charge in [0.05, 0.1) is 29.3 Å². The molecular weight excluding hydrogens is 403 g/mol. The summed E-state index contributed by atoms with van der Waals surface area (Å²) in [5.74, 6) is -0.294. The second kappa shape index (κ2) is 8.51. The number of halogens is 1. The molecule has 150 valence electrons. The van der Waals surface area contributed by atoms with E-state index in [9.17, 15) is 14.0 Å². The highest BCUT2D eigenvalue weighted by atomic mass is 32.2. The number of carbonyl (C=O) groups is 1. The zero-order chi connectivity index (χ0) is 21.1. The molecule has 0 aliphatic carbocycles. The highest BCUT2D eigenvalue weighted by Gasteiger charge is 2.15. The van der Waals surface area contributed by atoms with Crippen molar-refractivity contribution in [1.29, 1.82) is 0 Å². The summed E-state index contributed by atoms with van der Waals surface area (Å²) in [6, 6.07) is 20.1. The fourth-order valence-corrected chi connectivity index (χ4v) is 4.01. The maximum absolute atomic E-state index is 13.3. The Labute approximate surface area is 176 Å². The van der Waals surface area contributed by atoms with Crippen molar-refractivity contribution < 1.29 is 13.9 Å².